The predicted octanol–water partition coefficient (Wildman–Crippen LogP) is 4.50. The van der Waals surface area contributed by atoms with Crippen LogP contribution in [0.3, 0.4) is 0 Å². The Balaban J connectivity index is 1.49. The van der Waals surface area contributed by atoms with Crippen LogP contribution < -0.4 is 10.9 Å². The van der Waals surface area contributed by atoms with Crippen LogP contribution in [-0.2, 0) is 12.8 Å². The maximum Gasteiger partial charge on any atom is 0.343 e. The van der Waals surface area contributed by atoms with Crippen molar-refractivity contribution >= 4 is 16.7 Å². The molecule has 0 bridgehead atoms. The Labute approximate surface area is 173 Å². The molecule has 0 saturated carbocycles. The highest BCUT2D eigenvalue weighted by Crippen LogP contribution is 2.17. The van der Waals surface area contributed by atoms with Gasteiger partial charge in [0.05, 0.1) is 5.39 Å². The van der Waals surface area contributed by atoms with Gasteiger partial charge in [-0.25, -0.2) is 9.18 Å². The molecule has 4 rings (SSSR count). The van der Waals surface area contributed by atoms with E-state index >= 15 is 0 Å². The van der Waals surface area contributed by atoms with E-state index in [-0.39, 0.29) is 17.3 Å². The third-order valence-electron chi connectivity index (χ3n) is 4.96. The zero-order chi connectivity index (χ0) is 20.9. The van der Waals surface area contributed by atoms with Crippen LogP contribution in [0.5, 0.6) is 0 Å². The van der Waals surface area contributed by atoms with Gasteiger partial charge in [0, 0.05) is 18.5 Å². The molecule has 0 saturated heterocycles. The highest BCUT2D eigenvalue weighted by atomic mass is 19.1. The van der Waals surface area contributed by atoms with Gasteiger partial charge in [0.1, 0.15) is 11.6 Å². The summed E-state index contributed by atoms with van der Waals surface area (Å²) in [5.41, 5.74) is 1.87. The lowest BCUT2D eigenvalue weighted by molar-refractivity contribution is 0.0953. The van der Waals surface area contributed by atoms with Gasteiger partial charge in [-0.3, -0.25) is 4.79 Å². The number of hydrogen-bond donors (Lipinski definition) is 1. The van der Waals surface area contributed by atoms with Crippen LogP contribution in [-0.4, -0.2) is 12.5 Å². The monoisotopic (exact) mass is 401 g/mol. The third kappa shape index (κ3) is 4.46. The lowest BCUT2D eigenvalue weighted by atomic mass is 10.0. The Morgan fingerprint density at radius 2 is 1.67 bits per heavy atom. The Hall–Kier alpha value is -3.73. The first-order valence-electron chi connectivity index (χ1n) is 9.72. The molecule has 30 heavy (non-hydrogen) atoms. The molecule has 1 N–H and O–H groups in total. The molecule has 0 radical (unpaired) electrons. The van der Waals surface area contributed by atoms with E-state index in [2.05, 4.69) is 5.32 Å². The fraction of sp³-hybridized carbons (Fsp3) is 0.120. The van der Waals surface area contributed by atoms with Gasteiger partial charge in [-0.1, -0.05) is 48.5 Å². The number of benzene rings is 3. The van der Waals surface area contributed by atoms with Crippen molar-refractivity contribution in [1.29, 1.82) is 0 Å². The van der Waals surface area contributed by atoms with Crippen molar-refractivity contribution in [3.63, 3.8) is 0 Å². The highest BCUT2D eigenvalue weighted by molar-refractivity contribution is 5.95. The zero-order valence-corrected chi connectivity index (χ0v) is 16.2. The molecule has 0 unspecified atom stereocenters. The molecule has 1 heterocycles. The summed E-state index contributed by atoms with van der Waals surface area (Å²) in [6, 6.07) is 22.6. The first-order valence-corrected chi connectivity index (χ1v) is 9.72. The summed E-state index contributed by atoms with van der Waals surface area (Å²) in [6.45, 7) is 0.434. The van der Waals surface area contributed by atoms with Gasteiger partial charge in [-0.2, -0.15) is 0 Å². The van der Waals surface area contributed by atoms with Gasteiger partial charge in [0.25, 0.3) is 5.91 Å². The van der Waals surface area contributed by atoms with E-state index in [1.54, 1.807) is 36.4 Å². The predicted molar refractivity (Wildman–Crippen MR) is 114 cm³/mol. The fourth-order valence-electron chi connectivity index (χ4n) is 3.42. The fourth-order valence-corrected chi connectivity index (χ4v) is 3.42. The summed E-state index contributed by atoms with van der Waals surface area (Å²) in [5, 5.41) is 4.25. The first-order chi connectivity index (χ1) is 14.6. The maximum absolute atomic E-state index is 13.0. The Morgan fingerprint density at radius 3 is 2.50 bits per heavy atom. The summed E-state index contributed by atoms with van der Waals surface area (Å²) in [5.74, 6) is 0.0261. The Bertz CT molecular complexity index is 1250. The summed E-state index contributed by atoms with van der Waals surface area (Å²) in [6.07, 6.45) is 0.940. The van der Waals surface area contributed by atoms with E-state index in [1.165, 1.54) is 12.1 Å². The van der Waals surface area contributed by atoms with E-state index in [9.17, 15) is 14.0 Å². The Morgan fingerprint density at radius 1 is 0.933 bits per heavy atom. The number of hydrogen-bond acceptors (Lipinski definition) is 3. The van der Waals surface area contributed by atoms with Crippen molar-refractivity contribution in [2.45, 2.75) is 12.8 Å². The van der Waals surface area contributed by atoms with Gasteiger partial charge < -0.3 is 9.73 Å². The standard InChI is InChI=1S/C25H20FNO3/c26-20-11-9-17(10-12-20)13-14-27-24(28)22-7-3-1-5-18(22)15-21-16-19-6-2-4-8-23(19)25(29)30-21/h1-12,16H,13-15H2,(H,27,28). The van der Waals surface area contributed by atoms with Gasteiger partial charge in [-0.15, -0.1) is 0 Å². The van der Waals surface area contributed by atoms with E-state index < -0.39 is 0 Å². The molecule has 0 fully saturated rings. The summed E-state index contributed by atoms with van der Waals surface area (Å²) < 4.78 is 18.5. The second kappa shape index (κ2) is 8.74. The molecular formula is C25H20FNO3. The number of amides is 1. The molecule has 0 atom stereocenters. The van der Waals surface area contributed by atoms with Crippen molar-refractivity contribution in [2.75, 3.05) is 6.54 Å². The molecule has 5 heteroatoms. The van der Waals surface area contributed by atoms with Crippen LogP contribution in [0.4, 0.5) is 4.39 Å². The van der Waals surface area contributed by atoms with Crippen LogP contribution in [0.1, 0.15) is 27.2 Å². The molecule has 0 aliphatic heterocycles. The normalized spacial score (nSPS) is 10.8. The highest BCUT2D eigenvalue weighted by Gasteiger charge is 2.13. The van der Waals surface area contributed by atoms with Gasteiger partial charge in [0.2, 0.25) is 0 Å². The van der Waals surface area contributed by atoms with Crippen LogP contribution in [0, 0.1) is 5.82 Å². The minimum Gasteiger partial charge on any atom is -0.427 e. The molecule has 0 aliphatic rings. The number of nitrogens with one attached hydrogen (secondary N) is 1. The van der Waals surface area contributed by atoms with Crippen molar-refractivity contribution in [3.05, 3.63) is 118 Å². The third-order valence-corrected chi connectivity index (χ3v) is 4.96. The lowest BCUT2D eigenvalue weighted by Gasteiger charge is -2.10. The molecule has 4 nitrogen and oxygen atoms in total. The average molecular weight is 401 g/mol. The summed E-state index contributed by atoms with van der Waals surface area (Å²) in [4.78, 5) is 25.0. The average Bonchev–Trinajstić information content (AvgIpc) is 2.75. The van der Waals surface area contributed by atoms with Crippen molar-refractivity contribution in [1.82, 2.24) is 5.32 Å². The van der Waals surface area contributed by atoms with Gasteiger partial charge in [0.15, 0.2) is 0 Å². The van der Waals surface area contributed by atoms with Crippen molar-refractivity contribution in [3.8, 4) is 0 Å². The van der Waals surface area contributed by atoms with Crippen LogP contribution in [0.25, 0.3) is 10.8 Å². The van der Waals surface area contributed by atoms with Crippen molar-refractivity contribution < 1.29 is 13.6 Å². The topological polar surface area (TPSA) is 59.3 Å². The molecular weight excluding hydrogens is 381 g/mol. The van der Waals surface area contributed by atoms with Gasteiger partial charge in [-0.05, 0) is 53.3 Å². The SMILES string of the molecule is O=C(NCCc1ccc(F)cc1)c1ccccc1Cc1cc2ccccc2c(=O)o1. The quantitative estimate of drug-likeness (QED) is 0.518. The molecule has 4 aromatic rings. The lowest BCUT2D eigenvalue weighted by Crippen LogP contribution is -2.26. The zero-order valence-electron chi connectivity index (χ0n) is 16.2. The smallest absolute Gasteiger partial charge is 0.343 e. The number of halogens is 1. The minimum absolute atomic E-state index is 0.198. The number of fused-ring (bicyclic) bond motifs is 1. The minimum atomic E-state index is -0.385. The van der Waals surface area contributed by atoms with E-state index in [0.29, 0.717) is 36.1 Å². The van der Waals surface area contributed by atoms with E-state index in [1.807, 2.05) is 30.3 Å². The Kier molecular flexibility index (Phi) is 5.70. The number of rotatable bonds is 6. The molecule has 3 aromatic carbocycles. The van der Waals surface area contributed by atoms with Crippen LogP contribution in [0.2, 0.25) is 0 Å². The second-order valence-corrected chi connectivity index (χ2v) is 7.05. The number of carbonyl (C=O) groups excluding carboxylic acids is 1. The summed E-state index contributed by atoms with van der Waals surface area (Å²) >= 11 is 0. The molecule has 1 amide bonds. The van der Waals surface area contributed by atoms with Crippen molar-refractivity contribution in [2.24, 2.45) is 0 Å². The number of carbonyl (C=O) groups is 1. The van der Waals surface area contributed by atoms with Crippen LogP contribution in [0.15, 0.2) is 88.1 Å². The van der Waals surface area contributed by atoms with E-state index in [4.69, 9.17) is 4.42 Å². The van der Waals surface area contributed by atoms with Gasteiger partial charge >= 0.3 is 5.63 Å². The molecule has 0 spiro atoms. The summed E-state index contributed by atoms with van der Waals surface area (Å²) in [7, 11) is 0. The second-order valence-electron chi connectivity index (χ2n) is 7.05. The van der Waals surface area contributed by atoms with E-state index in [0.717, 1.165) is 16.5 Å². The first kappa shape index (κ1) is 19.6. The molecule has 1 aromatic heterocycles. The maximum atomic E-state index is 13.0. The van der Waals surface area contributed by atoms with Crippen LogP contribution >= 0.6 is 0 Å². The molecule has 0 aliphatic carbocycles. The largest absolute Gasteiger partial charge is 0.427 e. The molecule has 150 valence electrons.